The summed E-state index contributed by atoms with van der Waals surface area (Å²) in [4.78, 5) is 31.1. The molecule has 2 heterocycles. The van der Waals surface area contributed by atoms with Gasteiger partial charge in [-0.1, -0.05) is 12.1 Å². The number of ether oxygens (including phenoxy) is 1. The van der Waals surface area contributed by atoms with Crippen LogP contribution in [0.3, 0.4) is 0 Å². The van der Waals surface area contributed by atoms with Gasteiger partial charge in [-0.3, -0.25) is 14.5 Å². The number of alkyl halides is 3. The number of hydrogen-bond donors (Lipinski definition) is 2. The van der Waals surface area contributed by atoms with Gasteiger partial charge in [0.05, 0.1) is 24.8 Å². The van der Waals surface area contributed by atoms with Crippen LogP contribution in [0.1, 0.15) is 60.0 Å². The van der Waals surface area contributed by atoms with Gasteiger partial charge in [-0.15, -0.1) is 0 Å². The summed E-state index contributed by atoms with van der Waals surface area (Å²) >= 11 is 0. The summed E-state index contributed by atoms with van der Waals surface area (Å²) in [6.45, 7) is 3.77. The predicted molar refractivity (Wildman–Crippen MR) is 128 cm³/mol. The quantitative estimate of drug-likeness (QED) is 0.572. The molecule has 1 aromatic heterocycles. The Morgan fingerprint density at radius 3 is 2.50 bits per heavy atom. The lowest BCUT2D eigenvalue weighted by Gasteiger charge is -2.46. The Morgan fingerprint density at radius 2 is 1.86 bits per heavy atom. The number of aromatic nitrogens is 1. The van der Waals surface area contributed by atoms with Crippen molar-refractivity contribution in [3.05, 3.63) is 59.3 Å². The number of carbonyl (C=O) groups is 2. The Kier molecular flexibility index (Phi) is 8.13. The first-order chi connectivity index (χ1) is 17.2. The highest BCUT2D eigenvalue weighted by atomic mass is 19.4. The lowest BCUT2D eigenvalue weighted by Crippen LogP contribution is -2.63. The van der Waals surface area contributed by atoms with Crippen LogP contribution < -0.4 is 15.4 Å². The molecule has 0 bridgehead atoms. The highest BCUT2D eigenvalue weighted by molar-refractivity contribution is 5.96. The molecule has 7 nitrogen and oxygen atoms in total. The smallest absolute Gasteiger partial charge is 0.416 e. The van der Waals surface area contributed by atoms with E-state index in [9.17, 15) is 22.8 Å². The van der Waals surface area contributed by atoms with Crippen LogP contribution in [-0.4, -0.2) is 60.0 Å². The fourth-order valence-electron chi connectivity index (χ4n) is 4.92. The molecule has 2 amide bonds. The molecule has 1 aliphatic heterocycles. The Morgan fingerprint density at radius 1 is 1.11 bits per heavy atom. The monoisotopic (exact) mass is 504 g/mol. The molecule has 2 aromatic rings. The summed E-state index contributed by atoms with van der Waals surface area (Å²) in [5.41, 5.74) is 0.209. The van der Waals surface area contributed by atoms with E-state index in [4.69, 9.17) is 4.74 Å². The third-order valence-corrected chi connectivity index (χ3v) is 6.87. The first-order valence-electron chi connectivity index (χ1n) is 12.3. The molecule has 1 saturated heterocycles. The number of likely N-dealkylation sites (tertiary alicyclic amines) is 1. The normalized spacial score (nSPS) is 20.9. The molecular weight excluding hydrogens is 473 g/mol. The van der Waals surface area contributed by atoms with Gasteiger partial charge in [0.1, 0.15) is 0 Å². The van der Waals surface area contributed by atoms with Gasteiger partial charge in [-0.2, -0.15) is 13.2 Å². The van der Waals surface area contributed by atoms with Crippen LogP contribution in [0.25, 0.3) is 0 Å². The average Bonchev–Trinajstić information content (AvgIpc) is 2.85. The molecular formula is C26H31F3N4O3. The van der Waals surface area contributed by atoms with Gasteiger partial charge in [0, 0.05) is 37.0 Å². The second kappa shape index (κ2) is 11.3. The zero-order valence-electron chi connectivity index (χ0n) is 20.2. The number of rotatable bonds is 8. The zero-order valence-corrected chi connectivity index (χ0v) is 20.2. The molecule has 1 aromatic carbocycles. The highest BCUT2D eigenvalue weighted by Gasteiger charge is 2.35. The first kappa shape index (κ1) is 25.9. The van der Waals surface area contributed by atoms with Crippen molar-refractivity contribution >= 4 is 11.8 Å². The van der Waals surface area contributed by atoms with Gasteiger partial charge in [0.15, 0.2) is 0 Å². The number of benzene rings is 1. The number of pyridine rings is 1. The summed E-state index contributed by atoms with van der Waals surface area (Å²) < 4.78 is 43.9. The van der Waals surface area contributed by atoms with Crippen molar-refractivity contribution in [1.82, 2.24) is 20.5 Å². The number of amides is 2. The van der Waals surface area contributed by atoms with E-state index in [0.717, 1.165) is 50.9 Å². The lowest BCUT2D eigenvalue weighted by molar-refractivity contribution is -0.137. The number of carbonyl (C=O) groups excluding carboxylic acids is 2. The van der Waals surface area contributed by atoms with E-state index >= 15 is 0 Å². The molecule has 0 radical (unpaired) electrons. The maximum Gasteiger partial charge on any atom is 0.416 e. The van der Waals surface area contributed by atoms with Crippen LogP contribution in [0.4, 0.5) is 13.2 Å². The third-order valence-electron chi connectivity index (χ3n) is 6.87. The second-order valence-electron chi connectivity index (χ2n) is 9.35. The SMILES string of the molecule is CCOc1ccc(C2CCC(N3CC(NC(=O)CNC(=O)c4cccc(C(F)(F)F)c4)C3)CC2)cn1. The van der Waals surface area contributed by atoms with Crippen molar-refractivity contribution in [2.45, 2.75) is 56.8 Å². The summed E-state index contributed by atoms with van der Waals surface area (Å²) in [5, 5.41) is 5.27. The largest absolute Gasteiger partial charge is 0.478 e. The van der Waals surface area contributed by atoms with Gasteiger partial charge in [0.2, 0.25) is 11.8 Å². The summed E-state index contributed by atoms with van der Waals surface area (Å²) in [5.74, 6) is 0.0816. The van der Waals surface area contributed by atoms with Crippen LogP contribution >= 0.6 is 0 Å². The highest BCUT2D eigenvalue weighted by Crippen LogP contribution is 2.36. The Bertz CT molecular complexity index is 1050. The molecule has 0 spiro atoms. The van der Waals surface area contributed by atoms with Crippen molar-refractivity contribution < 1.29 is 27.5 Å². The van der Waals surface area contributed by atoms with Gasteiger partial charge < -0.3 is 15.4 Å². The molecule has 0 unspecified atom stereocenters. The summed E-state index contributed by atoms with van der Waals surface area (Å²) in [7, 11) is 0. The molecule has 2 fully saturated rings. The topological polar surface area (TPSA) is 83.6 Å². The maximum atomic E-state index is 12.8. The van der Waals surface area contributed by atoms with Crippen LogP contribution in [0, 0.1) is 0 Å². The number of nitrogens with one attached hydrogen (secondary N) is 2. The van der Waals surface area contributed by atoms with Crippen molar-refractivity contribution in [3.63, 3.8) is 0 Å². The number of hydrogen-bond acceptors (Lipinski definition) is 5. The van der Waals surface area contributed by atoms with E-state index in [1.807, 2.05) is 19.2 Å². The average molecular weight is 505 g/mol. The van der Waals surface area contributed by atoms with Gasteiger partial charge in [-0.25, -0.2) is 4.98 Å². The van der Waals surface area contributed by atoms with Crippen LogP contribution in [0.2, 0.25) is 0 Å². The first-order valence-corrected chi connectivity index (χ1v) is 12.3. The predicted octanol–water partition coefficient (Wildman–Crippen LogP) is 3.76. The minimum Gasteiger partial charge on any atom is -0.478 e. The molecule has 0 atom stereocenters. The number of nitrogens with zero attached hydrogens (tertiary/aromatic N) is 2. The van der Waals surface area contributed by atoms with E-state index in [0.29, 0.717) is 24.4 Å². The molecule has 4 rings (SSSR count). The van der Waals surface area contributed by atoms with Crippen molar-refractivity contribution in [1.29, 1.82) is 0 Å². The Labute approximate surface area is 208 Å². The minimum absolute atomic E-state index is 0.0102. The molecule has 1 aliphatic carbocycles. The van der Waals surface area contributed by atoms with E-state index in [-0.39, 0.29) is 24.1 Å². The van der Waals surface area contributed by atoms with Crippen molar-refractivity contribution in [2.24, 2.45) is 0 Å². The Hall–Kier alpha value is -3.14. The fourth-order valence-corrected chi connectivity index (χ4v) is 4.92. The molecule has 2 N–H and O–H groups in total. The fraction of sp³-hybridized carbons (Fsp3) is 0.500. The summed E-state index contributed by atoms with van der Waals surface area (Å²) in [6, 6.07) is 8.66. The van der Waals surface area contributed by atoms with E-state index in [1.54, 1.807) is 0 Å². The molecule has 1 saturated carbocycles. The standard InChI is InChI=1S/C26H31F3N4O3/c1-2-36-24-11-8-19(13-30-24)17-6-9-22(10-7-17)33-15-21(16-33)32-23(34)14-31-25(35)18-4-3-5-20(12-18)26(27,28)29/h3-5,8,11-13,17,21-22H,2,6-7,9-10,14-16H2,1H3,(H,31,35)(H,32,34). The van der Waals surface area contributed by atoms with E-state index in [2.05, 4.69) is 26.6 Å². The van der Waals surface area contributed by atoms with Crippen molar-refractivity contribution in [3.8, 4) is 5.88 Å². The zero-order chi connectivity index (χ0) is 25.7. The maximum absolute atomic E-state index is 12.8. The van der Waals surface area contributed by atoms with Gasteiger partial charge in [0.25, 0.3) is 5.91 Å². The number of halogens is 3. The summed E-state index contributed by atoms with van der Waals surface area (Å²) in [6.07, 6.45) is 1.74. The van der Waals surface area contributed by atoms with Crippen LogP contribution in [-0.2, 0) is 11.0 Å². The lowest BCUT2D eigenvalue weighted by atomic mass is 9.81. The van der Waals surface area contributed by atoms with Gasteiger partial charge >= 0.3 is 6.18 Å². The van der Waals surface area contributed by atoms with E-state index < -0.39 is 17.6 Å². The molecule has 194 valence electrons. The molecule has 10 heteroatoms. The van der Waals surface area contributed by atoms with E-state index in [1.165, 1.54) is 17.7 Å². The van der Waals surface area contributed by atoms with Crippen molar-refractivity contribution in [2.75, 3.05) is 26.2 Å². The Balaban J connectivity index is 1.15. The molecule has 36 heavy (non-hydrogen) atoms. The minimum atomic E-state index is -4.53. The third kappa shape index (κ3) is 6.54. The van der Waals surface area contributed by atoms with Crippen LogP contribution in [0.15, 0.2) is 42.6 Å². The molecule has 2 aliphatic rings. The van der Waals surface area contributed by atoms with Gasteiger partial charge in [-0.05, 0) is 62.3 Å². The van der Waals surface area contributed by atoms with Crippen LogP contribution in [0.5, 0.6) is 5.88 Å². The second-order valence-corrected chi connectivity index (χ2v) is 9.35.